The zero-order valence-corrected chi connectivity index (χ0v) is 17.2. The number of amides is 1. The first-order valence-corrected chi connectivity index (χ1v) is 10.4. The van der Waals surface area contributed by atoms with E-state index >= 15 is 0 Å². The van der Waals surface area contributed by atoms with Gasteiger partial charge in [-0.1, -0.05) is 33.8 Å². The molecule has 0 unspecified atom stereocenters. The summed E-state index contributed by atoms with van der Waals surface area (Å²) >= 11 is 0. The second-order valence-corrected chi connectivity index (χ2v) is 8.95. The van der Waals surface area contributed by atoms with Gasteiger partial charge in [0.2, 0.25) is 5.91 Å². The van der Waals surface area contributed by atoms with Crippen molar-refractivity contribution in [2.45, 2.75) is 59.2 Å². The Labute approximate surface area is 163 Å². The fourth-order valence-corrected chi connectivity index (χ4v) is 4.19. The lowest BCUT2D eigenvalue weighted by Crippen LogP contribution is -2.55. The van der Waals surface area contributed by atoms with E-state index in [2.05, 4.69) is 43.2 Å². The first-order chi connectivity index (χ1) is 12.8. The number of phenols is 1. The Kier molecular flexibility index (Phi) is 6.43. The van der Waals surface area contributed by atoms with Gasteiger partial charge in [0.15, 0.2) is 0 Å². The maximum atomic E-state index is 12.9. The third-order valence-electron chi connectivity index (χ3n) is 6.47. The first-order valence-electron chi connectivity index (χ1n) is 10.4. The van der Waals surface area contributed by atoms with Crippen LogP contribution in [0.25, 0.3) is 0 Å². The van der Waals surface area contributed by atoms with Gasteiger partial charge in [-0.3, -0.25) is 4.79 Å². The van der Waals surface area contributed by atoms with E-state index < -0.39 is 0 Å². The second kappa shape index (κ2) is 8.61. The average Bonchev–Trinajstić information content (AvgIpc) is 2.63. The summed E-state index contributed by atoms with van der Waals surface area (Å²) in [6.45, 7) is 12.9. The van der Waals surface area contributed by atoms with Gasteiger partial charge in [-0.25, -0.2) is 0 Å². The maximum Gasteiger partial charge on any atom is 0.237 e. The predicted octanol–water partition coefficient (Wildman–Crippen LogP) is 2.53. The van der Waals surface area contributed by atoms with Crippen molar-refractivity contribution in [3.63, 3.8) is 0 Å². The molecule has 1 aromatic rings. The van der Waals surface area contributed by atoms with Crippen molar-refractivity contribution >= 4 is 5.91 Å². The molecule has 1 fully saturated rings. The van der Waals surface area contributed by atoms with Crippen molar-refractivity contribution in [3.05, 3.63) is 29.3 Å². The van der Waals surface area contributed by atoms with Crippen LogP contribution in [-0.4, -0.2) is 47.6 Å². The molecule has 5 heteroatoms. The Morgan fingerprint density at radius 1 is 1.30 bits per heavy atom. The van der Waals surface area contributed by atoms with Crippen LogP contribution < -0.4 is 10.6 Å². The first kappa shape index (κ1) is 20.2. The Bertz CT molecular complexity index is 661. The number of nitrogens with one attached hydrogen (secondary N) is 2. The topological polar surface area (TPSA) is 64.6 Å². The fraction of sp³-hybridized carbons (Fsp3) is 0.682. The minimum atomic E-state index is -0.205. The molecule has 0 spiro atoms. The van der Waals surface area contributed by atoms with Gasteiger partial charge < -0.3 is 20.6 Å². The van der Waals surface area contributed by atoms with E-state index in [1.807, 2.05) is 6.07 Å². The molecule has 1 amide bonds. The molecule has 27 heavy (non-hydrogen) atoms. The lowest BCUT2D eigenvalue weighted by Gasteiger charge is -2.38. The van der Waals surface area contributed by atoms with Crippen LogP contribution in [-0.2, 0) is 17.8 Å². The molecule has 2 heterocycles. The van der Waals surface area contributed by atoms with Gasteiger partial charge in [-0.05, 0) is 60.4 Å². The summed E-state index contributed by atoms with van der Waals surface area (Å²) in [4.78, 5) is 15.4. The lowest BCUT2D eigenvalue weighted by atomic mass is 9.88. The van der Waals surface area contributed by atoms with Gasteiger partial charge in [0, 0.05) is 25.7 Å². The summed E-state index contributed by atoms with van der Waals surface area (Å²) in [7, 11) is 0. The Morgan fingerprint density at radius 2 is 2.07 bits per heavy atom. The molecule has 2 aliphatic rings. The molecule has 4 atom stereocenters. The smallest absolute Gasteiger partial charge is 0.237 e. The van der Waals surface area contributed by atoms with E-state index in [1.165, 1.54) is 6.42 Å². The van der Waals surface area contributed by atoms with Gasteiger partial charge in [0.25, 0.3) is 0 Å². The van der Waals surface area contributed by atoms with Crippen molar-refractivity contribution in [2.24, 2.45) is 17.8 Å². The molecule has 3 rings (SSSR count). The number of piperidine rings is 1. The monoisotopic (exact) mass is 373 g/mol. The molecule has 1 aromatic carbocycles. The molecular formula is C22H35N3O2. The number of nitrogens with zero attached hydrogens (tertiary/aromatic N) is 1. The summed E-state index contributed by atoms with van der Waals surface area (Å²) in [5.74, 6) is 2.28. The third kappa shape index (κ3) is 5.02. The molecule has 0 aromatic heterocycles. The summed E-state index contributed by atoms with van der Waals surface area (Å²) in [5, 5.41) is 16.3. The van der Waals surface area contributed by atoms with E-state index in [0.717, 1.165) is 42.6 Å². The van der Waals surface area contributed by atoms with Crippen molar-refractivity contribution < 1.29 is 9.90 Å². The Hall–Kier alpha value is -1.59. The van der Waals surface area contributed by atoms with Crippen molar-refractivity contribution in [3.8, 4) is 5.75 Å². The summed E-state index contributed by atoms with van der Waals surface area (Å²) in [6.07, 6.45) is 1.91. The molecule has 0 saturated carbocycles. The van der Waals surface area contributed by atoms with Gasteiger partial charge >= 0.3 is 0 Å². The molecular weight excluding hydrogens is 338 g/mol. The average molecular weight is 374 g/mol. The predicted molar refractivity (Wildman–Crippen MR) is 109 cm³/mol. The number of hydrogen-bond acceptors (Lipinski definition) is 4. The van der Waals surface area contributed by atoms with Crippen molar-refractivity contribution in [1.29, 1.82) is 0 Å². The van der Waals surface area contributed by atoms with Crippen molar-refractivity contribution in [1.82, 2.24) is 15.5 Å². The maximum absolute atomic E-state index is 12.9. The third-order valence-corrected chi connectivity index (χ3v) is 6.47. The number of benzene rings is 1. The van der Waals surface area contributed by atoms with Crippen LogP contribution in [0, 0.1) is 17.8 Å². The van der Waals surface area contributed by atoms with E-state index in [0.29, 0.717) is 18.9 Å². The number of hydrogen-bond donors (Lipinski definition) is 3. The van der Waals surface area contributed by atoms with E-state index in [-0.39, 0.29) is 23.7 Å². The number of fused-ring (bicyclic) bond motifs is 1. The number of aromatic hydroxyl groups is 1. The molecule has 0 bridgehead atoms. The largest absolute Gasteiger partial charge is 0.508 e. The van der Waals surface area contributed by atoms with Gasteiger partial charge in [0.05, 0.1) is 6.04 Å². The fourth-order valence-electron chi connectivity index (χ4n) is 4.19. The quantitative estimate of drug-likeness (QED) is 0.742. The highest BCUT2D eigenvalue weighted by atomic mass is 16.3. The number of carbonyl (C=O) groups excluding carboxylic acids is 1. The van der Waals surface area contributed by atoms with Crippen LogP contribution in [0.15, 0.2) is 18.2 Å². The normalized spacial score (nSPS) is 27.2. The molecule has 0 aliphatic carbocycles. The van der Waals surface area contributed by atoms with Crippen LogP contribution in [0.5, 0.6) is 5.75 Å². The summed E-state index contributed by atoms with van der Waals surface area (Å²) in [6, 6.07) is 5.38. The molecule has 150 valence electrons. The number of rotatable bonds is 5. The zero-order valence-electron chi connectivity index (χ0n) is 17.2. The highest BCUT2D eigenvalue weighted by Gasteiger charge is 2.29. The zero-order chi connectivity index (χ0) is 19.6. The van der Waals surface area contributed by atoms with E-state index in [1.54, 1.807) is 12.1 Å². The number of phenolic OH excluding ortho intramolecular Hbond substituents is 1. The lowest BCUT2D eigenvalue weighted by molar-refractivity contribution is -0.124. The highest BCUT2D eigenvalue weighted by Crippen LogP contribution is 2.24. The highest BCUT2D eigenvalue weighted by molar-refractivity contribution is 5.82. The summed E-state index contributed by atoms with van der Waals surface area (Å²) in [5.41, 5.74) is 2.22. The van der Waals surface area contributed by atoms with Gasteiger partial charge in [-0.2, -0.15) is 0 Å². The van der Waals surface area contributed by atoms with Crippen LogP contribution >= 0.6 is 0 Å². The molecule has 1 saturated heterocycles. The van der Waals surface area contributed by atoms with Crippen LogP contribution in [0.4, 0.5) is 0 Å². The summed E-state index contributed by atoms with van der Waals surface area (Å²) < 4.78 is 0. The Balaban J connectivity index is 1.58. The molecule has 2 aliphatic heterocycles. The molecule has 5 nitrogen and oxygen atoms in total. The van der Waals surface area contributed by atoms with Gasteiger partial charge in [-0.15, -0.1) is 0 Å². The molecule has 0 radical (unpaired) electrons. The SMILES string of the molecule is CC(C)[C@@H](CN1CC[C@@H](C)[C@H](C)C1)NC(=O)[C@H]1Cc2ccc(O)cc2CN1. The van der Waals surface area contributed by atoms with Crippen LogP contribution in [0.1, 0.15) is 45.2 Å². The van der Waals surface area contributed by atoms with Gasteiger partial charge in [0.1, 0.15) is 5.75 Å². The van der Waals surface area contributed by atoms with Crippen LogP contribution in [0.2, 0.25) is 0 Å². The van der Waals surface area contributed by atoms with E-state index in [4.69, 9.17) is 0 Å². The number of carbonyl (C=O) groups is 1. The van der Waals surface area contributed by atoms with Crippen LogP contribution in [0.3, 0.4) is 0 Å². The van der Waals surface area contributed by atoms with E-state index in [9.17, 15) is 9.90 Å². The minimum absolute atomic E-state index is 0.0888. The Morgan fingerprint density at radius 3 is 2.78 bits per heavy atom. The number of likely N-dealkylation sites (tertiary alicyclic amines) is 1. The minimum Gasteiger partial charge on any atom is -0.508 e. The standard InChI is InChI=1S/C22H35N3O2/c1-14(2)21(13-25-8-7-15(3)16(4)12-25)24-22(27)20-10-17-5-6-19(26)9-18(17)11-23-20/h5-6,9,14-16,20-21,23,26H,7-8,10-13H2,1-4H3,(H,24,27)/t15-,16-,20-,21-/m1/s1. The molecule has 3 N–H and O–H groups in total. The second-order valence-electron chi connectivity index (χ2n) is 8.95. The van der Waals surface area contributed by atoms with Crippen molar-refractivity contribution in [2.75, 3.05) is 19.6 Å².